The number of carbonyl (C=O) groups is 1. The Labute approximate surface area is 186 Å². The van der Waals surface area contributed by atoms with Crippen LogP contribution in [-0.2, 0) is 9.47 Å². The molecule has 2 atom stereocenters. The van der Waals surface area contributed by atoms with E-state index in [2.05, 4.69) is 10.2 Å². The number of aryl methyl sites for hydroxylation is 1. The molecule has 1 unspecified atom stereocenters. The minimum Gasteiger partial charge on any atom is -0.444 e. The number of nitrogens with zero attached hydrogens (tertiary/aromatic N) is 2. The van der Waals surface area contributed by atoms with E-state index in [0.29, 0.717) is 18.7 Å². The Morgan fingerprint density at radius 2 is 1.97 bits per heavy atom. The number of halogens is 1. The van der Waals surface area contributed by atoms with Gasteiger partial charge in [0.25, 0.3) is 0 Å². The molecule has 174 valence electrons. The highest BCUT2D eigenvalue weighted by Crippen LogP contribution is 2.26. The monoisotopic (exact) mass is 435 g/mol. The third kappa shape index (κ3) is 6.89. The molecule has 2 aliphatic heterocycles. The lowest BCUT2D eigenvalue weighted by Crippen LogP contribution is -2.55. The van der Waals surface area contributed by atoms with Gasteiger partial charge in [-0.3, -0.25) is 4.90 Å². The van der Waals surface area contributed by atoms with Crippen LogP contribution in [0.2, 0.25) is 0 Å². The fourth-order valence-corrected chi connectivity index (χ4v) is 4.23. The molecule has 2 heterocycles. The van der Waals surface area contributed by atoms with Crippen molar-refractivity contribution in [2.75, 3.05) is 39.3 Å². The van der Waals surface area contributed by atoms with E-state index >= 15 is 0 Å². The normalized spacial score (nSPS) is 22.4. The van der Waals surface area contributed by atoms with Gasteiger partial charge in [-0.25, -0.2) is 9.18 Å². The molecule has 2 saturated heterocycles. The third-order valence-corrected chi connectivity index (χ3v) is 5.97. The minimum absolute atomic E-state index is 0.0397. The smallest absolute Gasteiger partial charge is 0.410 e. The molecule has 2 fully saturated rings. The summed E-state index contributed by atoms with van der Waals surface area (Å²) in [6.45, 7) is 14.1. The van der Waals surface area contributed by atoms with Gasteiger partial charge in [0.15, 0.2) is 0 Å². The summed E-state index contributed by atoms with van der Waals surface area (Å²) in [5, 5.41) is 3.36. The Morgan fingerprint density at radius 1 is 1.26 bits per heavy atom. The van der Waals surface area contributed by atoms with Crippen molar-refractivity contribution in [2.45, 2.75) is 71.3 Å². The molecular formula is C24H38FN3O3. The first-order valence-corrected chi connectivity index (χ1v) is 11.5. The van der Waals surface area contributed by atoms with Crippen LogP contribution in [0, 0.1) is 12.7 Å². The van der Waals surface area contributed by atoms with E-state index in [0.717, 1.165) is 44.6 Å². The maximum atomic E-state index is 14.3. The second kappa shape index (κ2) is 10.3. The molecule has 0 aliphatic carbocycles. The highest BCUT2D eigenvalue weighted by atomic mass is 19.1. The fourth-order valence-electron chi connectivity index (χ4n) is 4.23. The van der Waals surface area contributed by atoms with Gasteiger partial charge in [-0.1, -0.05) is 12.1 Å². The Morgan fingerprint density at radius 3 is 2.58 bits per heavy atom. The van der Waals surface area contributed by atoms with Crippen molar-refractivity contribution in [1.82, 2.24) is 15.1 Å². The molecular weight excluding hydrogens is 397 g/mol. The third-order valence-electron chi connectivity index (χ3n) is 5.97. The Bertz CT molecular complexity index is 746. The van der Waals surface area contributed by atoms with Gasteiger partial charge in [-0.2, -0.15) is 0 Å². The number of nitrogens with one attached hydrogen (secondary N) is 1. The lowest BCUT2D eigenvalue weighted by molar-refractivity contribution is -0.0531. The van der Waals surface area contributed by atoms with Crippen LogP contribution in [0.3, 0.4) is 0 Å². The maximum Gasteiger partial charge on any atom is 0.410 e. The van der Waals surface area contributed by atoms with Crippen LogP contribution in [0.15, 0.2) is 18.2 Å². The lowest BCUT2D eigenvalue weighted by atomic mass is 10.0. The first-order valence-electron chi connectivity index (χ1n) is 11.5. The summed E-state index contributed by atoms with van der Waals surface area (Å²) >= 11 is 0. The van der Waals surface area contributed by atoms with Gasteiger partial charge >= 0.3 is 6.09 Å². The van der Waals surface area contributed by atoms with Crippen LogP contribution >= 0.6 is 0 Å². The van der Waals surface area contributed by atoms with Gasteiger partial charge in [0.05, 0.1) is 12.2 Å². The average molecular weight is 436 g/mol. The van der Waals surface area contributed by atoms with Crippen LogP contribution in [-0.4, -0.2) is 72.9 Å². The summed E-state index contributed by atoms with van der Waals surface area (Å²) in [7, 11) is 0. The second-order valence-electron chi connectivity index (χ2n) is 9.87. The van der Waals surface area contributed by atoms with Crippen LogP contribution in [0.4, 0.5) is 9.18 Å². The summed E-state index contributed by atoms with van der Waals surface area (Å²) < 4.78 is 26.3. The number of hydrogen-bond acceptors (Lipinski definition) is 5. The molecule has 0 aromatic heterocycles. The van der Waals surface area contributed by atoms with E-state index in [-0.39, 0.29) is 30.2 Å². The van der Waals surface area contributed by atoms with Gasteiger partial charge in [0.2, 0.25) is 0 Å². The molecule has 2 aliphatic rings. The Balaban J connectivity index is 1.66. The van der Waals surface area contributed by atoms with Gasteiger partial charge < -0.3 is 19.7 Å². The molecule has 7 heteroatoms. The predicted octanol–water partition coefficient (Wildman–Crippen LogP) is 3.89. The fraction of sp³-hybridized carbons (Fsp3) is 0.708. The largest absolute Gasteiger partial charge is 0.444 e. The van der Waals surface area contributed by atoms with Crippen LogP contribution < -0.4 is 5.32 Å². The van der Waals surface area contributed by atoms with E-state index in [1.54, 1.807) is 17.9 Å². The summed E-state index contributed by atoms with van der Waals surface area (Å²) in [5.74, 6) is -0.195. The number of piperazine rings is 1. The van der Waals surface area contributed by atoms with Crippen molar-refractivity contribution in [1.29, 1.82) is 0 Å². The number of ether oxygens (including phenoxy) is 2. The first-order chi connectivity index (χ1) is 14.6. The van der Waals surface area contributed by atoms with Crippen molar-refractivity contribution in [3.8, 4) is 0 Å². The zero-order valence-electron chi connectivity index (χ0n) is 19.6. The highest BCUT2D eigenvalue weighted by molar-refractivity contribution is 5.68. The Hall–Kier alpha value is -1.70. The van der Waals surface area contributed by atoms with Crippen molar-refractivity contribution in [3.63, 3.8) is 0 Å². The summed E-state index contributed by atoms with van der Waals surface area (Å²) in [5.41, 5.74) is 1.02. The lowest BCUT2D eigenvalue weighted by Gasteiger charge is -2.41. The van der Waals surface area contributed by atoms with Gasteiger partial charge in [0.1, 0.15) is 11.4 Å². The molecule has 0 saturated carbocycles. The van der Waals surface area contributed by atoms with E-state index in [4.69, 9.17) is 9.47 Å². The number of hydrogen-bond donors (Lipinski definition) is 1. The quantitative estimate of drug-likeness (QED) is 0.761. The number of rotatable bonds is 5. The van der Waals surface area contributed by atoms with Gasteiger partial charge in [-0.15, -0.1) is 0 Å². The molecule has 1 aromatic rings. The van der Waals surface area contributed by atoms with Gasteiger partial charge in [-0.05, 0) is 77.7 Å². The summed E-state index contributed by atoms with van der Waals surface area (Å²) in [6.07, 6.45) is 1.65. The van der Waals surface area contributed by atoms with Crippen molar-refractivity contribution < 1.29 is 18.7 Å². The van der Waals surface area contributed by atoms with Crippen molar-refractivity contribution >= 4 is 6.09 Å². The molecule has 3 rings (SSSR count). The SMILES string of the molecule is Cc1ccc(C(CN2CCN(C(=O)OC(C)(C)C)[C@H](C)C2)OC2CCNCC2)cc1F. The molecule has 6 nitrogen and oxygen atoms in total. The van der Waals surface area contributed by atoms with Crippen molar-refractivity contribution in [2.24, 2.45) is 0 Å². The van der Waals surface area contributed by atoms with Crippen LogP contribution in [0.25, 0.3) is 0 Å². The summed E-state index contributed by atoms with van der Waals surface area (Å²) in [6, 6.07) is 5.45. The molecule has 1 aromatic carbocycles. The van der Waals surface area contributed by atoms with Crippen molar-refractivity contribution in [3.05, 3.63) is 35.1 Å². The maximum absolute atomic E-state index is 14.3. The molecule has 0 spiro atoms. The highest BCUT2D eigenvalue weighted by Gasteiger charge is 2.32. The molecule has 1 amide bonds. The standard InChI is InChI=1S/C24H38FN3O3/c1-17-6-7-19(14-21(17)25)22(30-20-8-10-26-11-9-20)16-27-12-13-28(18(2)15-27)23(29)31-24(3,4)5/h6-7,14,18,20,22,26H,8-13,15-16H2,1-5H3/t18-,22?/m1/s1. The molecule has 1 N–H and O–H groups in total. The van der Waals surface area contributed by atoms with E-state index < -0.39 is 5.60 Å². The predicted molar refractivity (Wildman–Crippen MR) is 120 cm³/mol. The summed E-state index contributed by atoms with van der Waals surface area (Å²) in [4.78, 5) is 16.6. The van der Waals surface area contributed by atoms with E-state index in [1.165, 1.54) is 0 Å². The van der Waals surface area contributed by atoms with Crippen LogP contribution in [0.5, 0.6) is 0 Å². The second-order valence-corrected chi connectivity index (χ2v) is 9.87. The molecule has 0 bridgehead atoms. The average Bonchev–Trinajstić information content (AvgIpc) is 2.69. The molecule has 0 radical (unpaired) electrons. The number of carbonyl (C=O) groups excluding carboxylic acids is 1. The zero-order chi connectivity index (χ0) is 22.6. The van der Waals surface area contributed by atoms with Gasteiger partial charge in [0, 0.05) is 32.2 Å². The van der Waals surface area contributed by atoms with E-state index in [1.807, 2.05) is 39.8 Å². The van der Waals surface area contributed by atoms with Crippen LogP contribution in [0.1, 0.15) is 57.8 Å². The topological polar surface area (TPSA) is 54.0 Å². The zero-order valence-corrected chi connectivity index (χ0v) is 19.6. The number of amides is 1. The van der Waals surface area contributed by atoms with E-state index in [9.17, 15) is 9.18 Å². The number of piperidine rings is 1. The minimum atomic E-state index is -0.503. The Kier molecular flexibility index (Phi) is 7.94. The first kappa shape index (κ1) is 24.0. The molecule has 31 heavy (non-hydrogen) atoms. The number of benzene rings is 1.